The predicted octanol–water partition coefficient (Wildman–Crippen LogP) is 2.10. The molecule has 0 aromatic carbocycles. The van der Waals surface area contributed by atoms with Crippen molar-refractivity contribution >= 4 is 23.2 Å². The Balaban J connectivity index is 1.82. The highest BCUT2D eigenvalue weighted by atomic mass is 19.3. The van der Waals surface area contributed by atoms with Gasteiger partial charge >= 0.3 is 0 Å². The van der Waals surface area contributed by atoms with Crippen LogP contribution in [0.1, 0.15) is 35.8 Å². The Morgan fingerprint density at radius 1 is 1.48 bits per heavy atom. The highest BCUT2D eigenvalue weighted by molar-refractivity contribution is 6.07. The summed E-state index contributed by atoms with van der Waals surface area (Å²) in [7, 11) is 3.33. The molecule has 1 aliphatic heterocycles. The first-order valence-corrected chi connectivity index (χ1v) is 8.44. The van der Waals surface area contributed by atoms with Crippen LogP contribution in [0.15, 0.2) is 17.4 Å². The SMILES string of the molecule is CC/C(=N\c1c(C(=O)Nc2cn[nH]c2C(F)F)cnn1C)N1CC(OC)C1. The van der Waals surface area contributed by atoms with Gasteiger partial charge in [0.25, 0.3) is 12.3 Å². The number of anilines is 1. The number of hydrogen-bond donors (Lipinski definition) is 2. The summed E-state index contributed by atoms with van der Waals surface area (Å²) >= 11 is 0. The van der Waals surface area contributed by atoms with E-state index >= 15 is 0 Å². The second kappa shape index (κ2) is 7.82. The van der Waals surface area contributed by atoms with Gasteiger partial charge in [-0.05, 0) is 0 Å². The number of likely N-dealkylation sites (tertiary alicyclic amines) is 1. The molecule has 1 amide bonds. The molecular weight excluding hydrogens is 360 g/mol. The summed E-state index contributed by atoms with van der Waals surface area (Å²) in [6, 6.07) is 0. The number of alkyl halides is 2. The summed E-state index contributed by atoms with van der Waals surface area (Å²) in [5.41, 5.74) is -0.332. The summed E-state index contributed by atoms with van der Waals surface area (Å²) in [5, 5.41) is 12.2. The van der Waals surface area contributed by atoms with Crippen LogP contribution in [0.5, 0.6) is 0 Å². The summed E-state index contributed by atoms with van der Waals surface area (Å²) in [6.07, 6.45) is 0.560. The van der Waals surface area contributed by atoms with E-state index in [9.17, 15) is 13.6 Å². The molecule has 2 aromatic rings. The van der Waals surface area contributed by atoms with E-state index in [0.29, 0.717) is 12.2 Å². The fourth-order valence-corrected chi connectivity index (χ4v) is 2.77. The van der Waals surface area contributed by atoms with Gasteiger partial charge in [-0.2, -0.15) is 10.2 Å². The molecular formula is C16H21F2N7O2. The summed E-state index contributed by atoms with van der Waals surface area (Å²) in [6.45, 7) is 3.43. The molecule has 9 nitrogen and oxygen atoms in total. The zero-order valence-corrected chi connectivity index (χ0v) is 15.2. The van der Waals surface area contributed by atoms with Gasteiger partial charge < -0.3 is 15.0 Å². The first-order chi connectivity index (χ1) is 12.9. The predicted molar refractivity (Wildman–Crippen MR) is 94.5 cm³/mol. The minimum atomic E-state index is -2.78. The molecule has 2 aromatic heterocycles. The van der Waals surface area contributed by atoms with Crippen LogP contribution in [0.4, 0.5) is 20.3 Å². The highest BCUT2D eigenvalue weighted by Crippen LogP contribution is 2.26. The zero-order valence-electron chi connectivity index (χ0n) is 15.2. The van der Waals surface area contributed by atoms with E-state index in [2.05, 4.69) is 30.5 Å². The lowest BCUT2D eigenvalue weighted by molar-refractivity contribution is 0.00499. The number of nitrogens with zero attached hydrogens (tertiary/aromatic N) is 5. The van der Waals surface area contributed by atoms with Crippen molar-refractivity contribution in [1.82, 2.24) is 24.9 Å². The number of aliphatic imine (C=N–C) groups is 1. The lowest BCUT2D eigenvalue weighted by Crippen LogP contribution is -2.54. The number of hydrogen-bond acceptors (Lipinski definition) is 5. The van der Waals surface area contributed by atoms with Crippen LogP contribution in [0.25, 0.3) is 0 Å². The minimum Gasteiger partial charge on any atom is -0.378 e. The number of amidine groups is 1. The maximum atomic E-state index is 12.9. The van der Waals surface area contributed by atoms with Gasteiger partial charge in [-0.3, -0.25) is 14.6 Å². The first-order valence-electron chi connectivity index (χ1n) is 8.44. The molecule has 0 radical (unpaired) electrons. The quantitative estimate of drug-likeness (QED) is 0.590. The minimum absolute atomic E-state index is 0.0739. The third kappa shape index (κ3) is 3.82. The Labute approximate surface area is 154 Å². The Morgan fingerprint density at radius 3 is 2.85 bits per heavy atom. The Kier molecular flexibility index (Phi) is 5.49. The summed E-state index contributed by atoms with van der Waals surface area (Å²) in [5.74, 6) is 0.573. The van der Waals surface area contributed by atoms with Crippen molar-refractivity contribution in [3.05, 3.63) is 23.7 Å². The molecule has 146 valence electrons. The van der Waals surface area contributed by atoms with Crippen LogP contribution >= 0.6 is 0 Å². The van der Waals surface area contributed by atoms with E-state index < -0.39 is 18.0 Å². The number of nitrogens with one attached hydrogen (secondary N) is 2. The third-order valence-electron chi connectivity index (χ3n) is 4.38. The Hall–Kier alpha value is -2.82. The van der Waals surface area contributed by atoms with Crippen LogP contribution < -0.4 is 5.32 Å². The molecule has 1 fully saturated rings. The number of rotatable bonds is 6. The van der Waals surface area contributed by atoms with E-state index in [4.69, 9.17) is 4.74 Å². The number of H-pyrrole nitrogens is 1. The largest absolute Gasteiger partial charge is 0.378 e. The molecule has 11 heteroatoms. The molecule has 0 aliphatic carbocycles. The number of amides is 1. The molecule has 0 bridgehead atoms. The lowest BCUT2D eigenvalue weighted by Gasteiger charge is -2.40. The molecule has 2 N–H and O–H groups in total. The summed E-state index contributed by atoms with van der Waals surface area (Å²) < 4.78 is 32.6. The molecule has 3 heterocycles. The normalized spacial score (nSPS) is 15.3. The van der Waals surface area contributed by atoms with E-state index in [0.717, 1.165) is 25.1 Å². The van der Waals surface area contributed by atoms with Gasteiger partial charge in [-0.25, -0.2) is 13.8 Å². The smallest absolute Gasteiger partial charge is 0.281 e. The third-order valence-corrected chi connectivity index (χ3v) is 4.38. The van der Waals surface area contributed by atoms with Crippen LogP contribution in [0.3, 0.4) is 0 Å². The van der Waals surface area contributed by atoms with Gasteiger partial charge in [0.1, 0.15) is 17.1 Å². The number of halogens is 2. The van der Waals surface area contributed by atoms with E-state index in [-0.39, 0.29) is 17.4 Å². The van der Waals surface area contributed by atoms with Crippen molar-refractivity contribution in [2.45, 2.75) is 25.9 Å². The van der Waals surface area contributed by atoms with Crippen LogP contribution in [-0.2, 0) is 11.8 Å². The molecule has 3 rings (SSSR count). The fraction of sp³-hybridized carbons (Fsp3) is 0.500. The monoisotopic (exact) mass is 381 g/mol. The van der Waals surface area contributed by atoms with Gasteiger partial charge in [0.15, 0.2) is 5.82 Å². The van der Waals surface area contributed by atoms with E-state index in [1.54, 1.807) is 14.2 Å². The van der Waals surface area contributed by atoms with E-state index in [1.165, 1.54) is 10.9 Å². The van der Waals surface area contributed by atoms with Crippen LogP contribution in [0.2, 0.25) is 0 Å². The van der Waals surface area contributed by atoms with Crippen LogP contribution in [0, 0.1) is 0 Å². The maximum Gasteiger partial charge on any atom is 0.281 e. The fourth-order valence-electron chi connectivity index (χ4n) is 2.77. The molecule has 27 heavy (non-hydrogen) atoms. The lowest BCUT2D eigenvalue weighted by atomic mass is 10.1. The highest BCUT2D eigenvalue weighted by Gasteiger charge is 2.29. The van der Waals surface area contributed by atoms with Gasteiger partial charge in [0, 0.05) is 33.7 Å². The number of carbonyl (C=O) groups is 1. The Morgan fingerprint density at radius 2 is 2.22 bits per heavy atom. The average Bonchev–Trinajstić information content (AvgIpc) is 3.20. The standard InChI is InChI=1S/C16H21F2N7O2/c1-4-12(25-7-9(8-25)27-3)22-15-10(5-20-24(15)2)16(26)21-11-6-19-23-13(11)14(17)18/h5-6,9,14H,4,7-8H2,1-3H3,(H,19,23)(H,21,26)/b22-12+. The maximum absolute atomic E-state index is 12.9. The molecule has 0 atom stereocenters. The number of aromatic nitrogens is 4. The van der Waals surface area contributed by atoms with Gasteiger partial charge in [-0.15, -0.1) is 0 Å². The second-order valence-electron chi connectivity index (χ2n) is 6.10. The zero-order chi connectivity index (χ0) is 19.6. The van der Waals surface area contributed by atoms with Crippen molar-refractivity contribution < 1.29 is 18.3 Å². The second-order valence-corrected chi connectivity index (χ2v) is 6.10. The molecule has 1 aliphatic rings. The van der Waals surface area contributed by atoms with Gasteiger partial charge in [0.05, 0.1) is 24.2 Å². The van der Waals surface area contributed by atoms with Gasteiger partial charge in [-0.1, -0.05) is 6.92 Å². The molecule has 1 saturated heterocycles. The van der Waals surface area contributed by atoms with E-state index in [1.807, 2.05) is 6.92 Å². The summed E-state index contributed by atoms with van der Waals surface area (Å²) in [4.78, 5) is 19.2. The molecule has 0 spiro atoms. The molecule has 0 unspecified atom stereocenters. The number of aromatic amines is 1. The Bertz CT molecular complexity index is 840. The van der Waals surface area contributed by atoms with Gasteiger partial charge in [0.2, 0.25) is 0 Å². The number of methoxy groups -OCH3 is 1. The first kappa shape index (κ1) is 19.0. The van der Waals surface area contributed by atoms with Crippen molar-refractivity contribution in [3.63, 3.8) is 0 Å². The average molecular weight is 381 g/mol. The van der Waals surface area contributed by atoms with Crippen molar-refractivity contribution in [2.75, 3.05) is 25.5 Å². The van der Waals surface area contributed by atoms with Crippen molar-refractivity contribution in [3.8, 4) is 0 Å². The van der Waals surface area contributed by atoms with Crippen LogP contribution in [-0.4, -0.2) is 62.9 Å². The number of ether oxygens (including phenoxy) is 1. The van der Waals surface area contributed by atoms with Crippen molar-refractivity contribution in [1.29, 1.82) is 0 Å². The number of carbonyl (C=O) groups excluding carboxylic acids is 1. The molecule has 0 saturated carbocycles. The number of aryl methyl sites for hydroxylation is 1. The van der Waals surface area contributed by atoms with Crippen molar-refractivity contribution in [2.24, 2.45) is 12.0 Å². The topological polar surface area (TPSA) is 100 Å².